The molecule has 0 aliphatic heterocycles. The summed E-state index contributed by atoms with van der Waals surface area (Å²) in [4.78, 5) is 50.0. The Morgan fingerprint density at radius 1 is 0.511 bits per heavy atom. The predicted octanol–water partition coefficient (Wildman–Crippen LogP) is 14.1. The van der Waals surface area contributed by atoms with Crippen LogP contribution in [0.4, 0.5) is 0 Å². The molecular weight excluding hydrogens is 1270 g/mol. The zero-order valence-corrected chi connectivity index (χ0v) is 54.7. The Morgan fingerprint density at radius 3 is 1.37 bits per heavy atom. The summed E-state index contributed by atoms with van der Waals surface area (Å²) in [6, 6.07) is 30.3. The molecule has 458 valence electrons. The van der Waals surface area contributed by atoms with Crippen molar-refractivity contribution >= 4 is 65.5 Å². The number of pyridine rings is 5. The van der Waals surface area contributed by atoms with Gasteiger partial charge in [0.25, 0.3) is 11.1 Å². The molecule has 21 heteroatoms. The summed E-state index contributed by atoms with van der Waals surface area (Å²) in [5, 5.41) is 18.1. The Bertz CT molecular complexity index is 4690. The Labute approximate surface area is 535 Å². The van der Waals surface area contributed by atoms with E-state index >= 15 is 0 Å². The number of methoxy groups -OCH3 is 3. The van der Waals surface area contributed by atoms with Crippen LogP contribution in [-0.4, -0.2) is 76.4 Å². The molecule has 13 rings (SSSR count). The van der Waals surface area contributed by atoms with Crippen molar-refractivity contribution in [3.8, 4) is 61.8 Å². The molecule has 0 unspecified atom stereocenters. The molecule has 0 saturated heterocycles. The highest BCUT2D eigenvalue weighted by molar-refractivity contribution is 9.10. The highest BCUT2D eigenvalue weighted by Gasteiger charge is 2.23. The lowest BCUT2D eigenvalue weighted by molar-refractivity contribution is -0.114. The molecule has 1 aliphatic rings. The summed E-state index contributed by atoms with van der Waals surface area (Å²) in [6.45, 7) is 14.1. The van der Waals surface area contributed by atoms with Crippen LogP contribution < -0.4 is 25.3 Å². The number of benzene rings is 3. The second kappa shape index (κ2) is 27.7. The largest absolute Gasteiger partial charge is 0.496 e. The van der Waals surface area contributed by atoms with Crippen LogP contribution in [0.25, 0.3) is 72.4 Å². The highest BCUT2D eigenvalue weighted by atomic mass is 79.9. The van der Waals surface area contributed by atoms with Gasteiger partial charge in [-0.3, -0.25) is 34.0 Å². The van der Waals surface area contributed by atoms with Gasteiger partial charge in [0, 0.05) is 105 Å². The molecule has 0 atom stereocenters. The maximum absolute atomic E-state index is 12.8. The molecule has 0 spiro atoms. The molecule has 0 saturated carbocycles. The lowest BCUT2D eigenvalue weighted by Crippen LogP contribution is -2.20. The fourth-order valence-corrected chi connectivity index (χ4v) is 11.2. The average Bonchev–Trinajstić information content (AvgIpc) is 1.23. The minimum Gasteiger partial charge on any atom is -0.496 e. The van der Waals surface area contributed by atoms with E-state index in [1.807, 2.05) is 152 Å². The topological polar surface area (TPSA) is 223 Å². The number of halogens is 2. The van der Waals surface area contributed by atoms with Crippen molar-refractivity contribution in [3.05, 3.63) is 226 Å². The second-order valence-electron chi connectivity index (χ2n) is 21.3. The Kier molecular flexibility index (Phi) is 19.4. The van der Waals surface area contributed by atoms with Gasteiger partial charge in [0.15, 0.2) is 5.78 Å². The molecule has 9 aromatic heterocycles. The molecular formula is C69H64Br2N10O9. The van der Waals surface area contributed by atoms with Gasteiger partial charge in [0.1, 0.15) is 34.5 Å². The van der Waals surface area contributed by atoms with E-state index in [0.29, 0.717) is 31.0 Å². The zero-order valence-electron chi connectivity index (χ0n) is 51.5. The molecule has 0 amide bonds. The smallest absolute Gasteiger partial charge is 0.251 e. The number of ketones is 1. The van der Waals surface area contributed by atoms with E-state index in [0.717, 1.165) is 150 Å². The van der Waals surface area contributed by atoms with Gasteiger partial charge in [0.2, 0.25) is 0 Å². The van der Waals surface area contributed by atoms with Gasteiger partial charge in [0.05, 0.1) is 96.8 Å². The van der Waals surface area contributed by atoms with E-state index in [1.54, 1.807) is 71.9 Å². The molecule has 1 aliphatic carbocycles. The summed E-state index contributed by atoms with van der Waals surface area (Å²) in [6.07, 6.45) is 14.0. The minimum absolute atomic E-state index is 0.0932. The van der Waals surface area contributed by atoms with Crippen LogP contribution in [0.15, 0.2) is 166 Å². The SMILES string of the molecule is CCc1ccc(Br)cn1.COc1cc2c(cc1-c1c(C)noc1C)C=CC(=O)C2.COc1cc2c(ccc(=O)n2Cc2ccc(-c3cnn(C)c3)cn2)cc1-c1c(C)noc1C.COc1cc2c(ccc(=O)n2Cc2ccc(Br)cn2)cc1-c1c(C)noc1C. The standard InChI is InChI=1S/C25H23N5O3.C21H18BrN3O3.C16H15NO3.C7H8BrN/c1-15-25(16(2)33-28-15)21-9-17-6-8-24(31)30(22(17)10-23(21)32-4)14-20-7-5-18(11-26-20)19-12-27-29(3)13-19;1-12-21(13(2)28-24-12)17-8-14-4-7-20(26)25(18(14)9-19(17)27-3)11-16-6-5-15(22)10-23-16;1-9-16(10(2)20-17-9)14-7-11-4-5-13(18)6-12(11)8-15(14)19-3;1-2-7-4-3-6(8)5-9-7/h5-13H,14H2,1-4H3;4-10H,11H2,1-3H3;4-5,7-8H,6H2,1-3H3;3-5H,2H2,1H3. The molecule has 19 nitrogen and oxygen atoms in total. The van der Waals surface area contributed by atoms with Crippen LogP contribution in [0.1, 0.15) is 69.5 Å². The number of ether oxygens (including phenoxy) is 3. The van der Waals surface area contributed by atoms with Gasteiger partial charge in [-0.25, -0.2) is 0 Å². The van der Waals surface area contributed by atoms with Crippen molar-refractivity contribution in [2.45, 2.75) is 74.4 Å². The molecule has 0 fully saturated rings. The number of hydrogen-bond donors (Lipinski definition) is 0. The number of allylic oxidation sites excluding steroid dienone is 1. The summed E-state index contributed by atoms with van der Waals surface area (Å²) in [5.41, 5.74) is 16.0. The van der Waals surface area contributed by atoms with Gasteiger partial charge >= 0.3 is 0 Å². The number of rotatable bonds is 12. The number of nitrogens with zero attached hydrogens (tertiary/aromatic N) is 10. The third-order valence-electron chi connectivity index (χ3n) is 15.2. The number of aromatic nitrogens is 10. The molecule has 9 heterocycles. The minimum atomic E-state index is -0.104. The van der Waals surface area contributed by atoms with Crippen molar-refractivity contribution < 1.29 is 32.6 Å². The van der Waals surface area contributed by atoms with Gasteiger partial charge in [-0.05, 0) is 175 Å². The number of fused-ring (bicyclic) bond motifs is 3. The quantitative estimate of drug-likeness (QED) is 0.111. The van der Waals surface area contributed by atoms with Gasteiger partial charge in [-0.2, -0.15) is 5.10 Å². The van der Waals surface area contributed by atoms with Crippen molar-refractivity contribution in [3.63, 3.8) is 0 Å². The first-order chi connectivity index (χ1) is 43.3. The molecule has 0 bridgehead atoms. The van der Waals surface area contributed by atoms with Gasteiger partial charge in [-0.15, -0.1) is 0 Å². The van der Waals surface area contributed by atoms with Crippen molar-refractivity contribution in [1.29, 1.82) is 0 Å². The number of aryl methyl sites for hydroxylation is 8. The van der Waals surface area contributed by atoms with Crippen LogP contribution in [0.2, 0.25) is 0 Å². The molecule has 0 N–H and O–H groups in total. The number of carbonyl (C=O) groups is 1. The fraction of sp³-hybridized carbons (Fsp3) is 0.217. The van der Waals surface area contributed by atoms with Crippen LogP contribution in [0.5, 0.6) is 17.2 Å². The van der Waals surface area contributed by atoms with Crippen LogP contribution in [-0.2, 0) is 37.8 Å². The van der Waals surface area contributed by atoms with Crippen LogP contribution >= 0.6 is 31.9 Å². The van der Waals surface area contributed by atoms with E-state index in [2.05, 4.69) is 74.3 Å². The first kappa shape index (κ1) is 63.2. The highest BCUT2D eigenvalue weighted by Crippen LogP contribution is 2.41. The zero-order chi connectivity index (χ0) is 63.9. The Balaban J connectivity index is 0.000000142. The average molecular weight is 1340 g/mol. The maximum Gasteiger partial charge on any atom is 0.251 e. The summed E-state index contributed by atoms with van der Waals surface area (Å²) in [7, 11) is 6.74. The van der Waals surface area contributed by atoms with E-state index in [4.69, 9.17) is 27.8 Å². The molecule has 90 heavy (non-hydrogen) atoms. The monoisotopic (exact) mass is 1330 g/mol. The van der Waals surface area contributed by atoms with Crippen molar-refractivity contribution in [2.24, 2.45) is 7.05 Å². The van der Waals surface area contributed by atoms with Crippen LogP contribution in [0, 0.1) is 41.5 Å². The lowest BCUT2D eigenvalue weighted by Gasteiger charge is -2.15. The van der Waals surface area contributed by atoms with Crippen molar-refractivity contribution in [1.82, 2.24) is 49.3 Å². The van der Waals surface area contributed by atoms with E-state index in [9.17, 15) is 14.4 Å². The Morgan fingerprint density at radius 2 is 0.967 bits per heavy atom. The van der Waals surface area contributed by atoms with E-state index in [-0.39, 0.29) is 16.9 Å². The maximum atomic E-state index is 12.8. The molecule has 3 aromatic carbocycles. The normalized spacial score (nSPS) is 11.5. The van der Waals surface area contributed by atoms with Crippen LogP contribution in [0.3, 0.4) is 0 Å². The second-order valence-corrected chi connectivity index (χ2v) is 23.1. The van der Waals surface area contributed by atoms with Gasteiger partial charge < -0.3 is 36.9 Å². The fourth-order valence-electron chi connectivity index (χ4n) is 10.7. The first-order valence-electron chi connectivity index (χ1n) is 28.6. The molecule has 0 radical (unpaired) electrons. The Hall–Kier alpha value is -9.86. The first-order valence-corrected chi connectivity index (χ1v) is 30.2. The third kappa shape index (κ3) is 13.9. The molecule has 12 aromatic rings. The number of hydrogen-bond acceptors (Lipinski definition) is 16. The summed E-state index contributed by atoms with van der Waals surface area (Å²) in [5.74, 6) is 4.36. The van der Waals surface area contributed by atoms with Crippen molar-refractivity contribution in [2.75, 3.05) is 21.3 Å². The number of carbonyl (C=O) groups excluding carboxylic acids is 1. The lowest BCUT2D eigenvalue weighted by atomic mass is 9.91. The third-order valence-corrected chi connectivity index (χ3v) is 16.2. The summed E-state index contributed by atoms with van der Waals surface area (Å²) >= 11 is 6.69. The van der Waals surface area contributed by atoms with Gasteiger partial charge in [-0.1, -0.05) is 34.5 Å². The predicted molar refractivity (Wildman–Crippen MR) is 353 cm³/mol. The summed E-state index contributed by atoms with van der Waals surface area (Å²) < 4.78 is 39.8. The van der Waals surface area contributed by atoms with E-state index < -0.39 is 0 Å². The van der Waals surface area contributed by atoms with E-state index in [1.165, 1.54) is 0 Å².